The molecule has 30 heavy (non-hydrogen) atoms. The van der Waals surface area contributed by atoms with Crippen molar-refractivity contribution in [2.24, 2.45) is 4.99 Å². The van der Waals surface area contributed by atoms with E-state index in [0.717, 1.165) is 0 Å². The van der Waals surface area contributed by atoms with E-state index in [-0.39, 0.29) is 18.0 Å². The van der Waals surface area contributed by atoms with Crippen LogP contribution in [0.5, 0.6) is 0 Å². The van der Waals surface area contributed by atoms with Crippen LogP contribution in [-0.4, -0.2) is 66.4 Å². The van der Waals surface area contributed by atoms with Crippen molar-refractivity contribution in [3.05, 3.63) is 58.0 Å². The van der Waals surface area contributed by atoms with Crippen molar-refractivity contribution < 1.29 is 17.9 Å². The molecule has 1 saturated heterocycles. The van der Waals surface area contributed by atoms with Crippen LogP contribution in [0.3, 0.4) is 0 Å². The van der Waals surface area contributed by atoms with Gasteiger partial charge >= 0.3 is 0 Å². The van der Waals surface area contributed by atoms with Crippen LogP contribution in [0.2, 0.25) is 0 Å². The van der Waals surface area contributed by atoms with Gasteiger partial charge in [-0.2, -0.15) is 4.31 Å². The van der Waals surface area contributed by atoms with Crippen LogP contribution in [0.15, 0.2) is 46.1 Å². The molecule has 12 heteroatoms. The molecule has 2 heterocycles. The van der Waals surface area contributed by atoms with Crippen LogP contribution in [-0.2, 0) is 22.3 Å². The highest BCUT2D eigenvalue weighted by Gasteiger charge is 2.29. The molecular weight excluding hydrogens is 412 g/mol. The number of guanidine groups is 1. The zero-order chi connectivity index (χ0) is 21.6. The first-order valence-corrected chi connectivity index (χ1v) is 11.1. The Balaban J connectivity index is 1.65. The molecule has 3 rings (SSSR count). The Labute approximate surface area is 174 Å². The first kappa shape index (κ1) is 21.7. The summed E-state index contributed by atoms with van der Waals surface area (Å²) in [4.78, 5) is 17.3. The molecule has 0 atom stereocenters. The van der Waals surface area contributed by atoms with Gasteiger partial charge in [0, 0.05) is 44.9 Å². The summed E-state index contributed by atoms with van der Waals surface area (Å²) in [5.74, 6) is 0.402. The molecule has 2 aromatic rings. The van der Waals surface area contributed by atoms with Gasteiger partial charge in [-0.1, -0.05) is 23.4 Å². The summed E-state index contributed by atoms with van der Waals surface area (Å²) >= 11 is 0. The SMILES string of the molecule is CCNC(=NCc1ccccc1[N+](=O)[O-])N1CCN(S(=O)(=O)Cc2ccon2)CC1. The van der Waals surface area contributed by atoms with E-state index in [0.29, 0.717) is 49.9 Å². The summed E-state index contributed by atoms with van der Waals surface area (Å²) in [5, 5.41) is 18.0. The van der Waals surface area contributed by atoms with Gasteiger partial charge in [0.25, 0.3) is 5.69 Å². The number of hydrogen-bond donors (Lipinski definition) is 1. The Bertz CT molecular complexity index is 984. The number of sulfonamides is 1. The number of hydrogen-bond acceptors (Lipinski definition) is 7. The van der Waals surface area contributed by atoms with Crippen molar-refractivity contribution in [3.63, 3.8) is 0 Å². The predicted octanol–water partition coefficient (Wildman–Crippen LogP) is 1.20. The quantitative estimate of drug-likeness (QED) is 0.296. The second-order valence-corrected chi connectivity index (χ2v) is 8.66. The van der Waals surface area contributed by atoms with E-state index in [1.807, 2.05) is 11.8 Å². The number of nitro benzene ring substituents is 1. The van der Waals surface area contributed by atoms with E-state index in [9.17, 15) is 18.5 Å². The Morgan fingerprint density at radius 2 is 2.00 bits per heavy atom. The van der Waals surface area contributed by atoms with Gasteiger partial charge < -0.3 is 14.7 Å². The minimum atomic E-state index is -3.49. The summed E-state index contributed by atoms with van der Waals surface area (Å²) in [6.07, 6.45) is 1.35. The fourth-order valence-corrected chi connectivity index (χ4v) is 4.60. The molecule has 1 fully saturated rings. The molecule has 1 aromatic heterocycles. The van der Waals surface area contributed by atoms with E-state index in [1.165, 1.54) is 22.7 Å². The minimum Gasteiger partial charge on any atom is -0.364 e. The number of benzene rings is 1. The summed E-state index contributed by atoms with van der Waals surface area (Å²) in [6, 6.07) is 8.03. The molecule has 0 aliphatic carbocycles. The average molecular weight is 436 g/mol. The van der Waals surface area contributed by atoms with E-state index >= 15 is 0 Å². The normalized spacial score (nSPS) is 15.9. The van der Waals surface area contributed by atoms with Crippen LogP contribution < -0.4 is 5.32 Å². The molecule has 0 unspecified atom stereocenters. The van der Waals surface area contributed by atoms with Crippen LogP contribution in [0.25, 0.3) is 0 Å². The molecule has 0 bridgehead atoms. The van der Waals surface area contributed by atoms with Gasteiger partial charge in [-0.05, 0) is 6.92 Å². The van der Waals surface area contributed by atoms with Gasteiger partial charge in [-0.15, -0.1) is 0 Å². The van der Waals surface area contributed by atoms with Gasteiger partial charge in [0.05, 0.1) is 22.7 Å². The van der Waals surface area contributed by atoms with E-state index in [2.05, 4.69) is 15.5 Å². The van der Waals surface area contributed by atoms with Gasteiger partial charge in [0.1, 0.15) is 12.0 Å². The zero-order valence-corrected chi connectivity index (χ0v) is 17.4. The number of rotatable bonds is 7. The number of nitrogens with zero attached hydrogens (tertiary/aromatic N) is 5. The second-order valence-electron chi connectivity index (χ2n) is 6.69. The Morgan fingerprint density at radius 3 is 2.63 bits per heavy atom. The topological polar surface area (TPSA) is 134 Å². The highest BCUT2D eigenvalue weighted by atomic mass is 32.2. The molecule has 1 N–H and O–H groups in total. The maximum absolute atomic E-state index is 12.6. The molecule has 0 radical (unpaired) electrons. The molecule has 11 nitrogen and oxygen atoms in total. The van der Waals surface area contributed by atoms with Crippen LogP contribution in [0.1, 0.15) is 18.2 Å². The van der Waals surface area contributed by atoms with Gasteiger partial charge in [0.2, 0.25) is 10.0 Å². The maximum Gasteiger partial charge on any atom is 0.274 e. The Kier molecular flexibility index (Phi) is 7.00. The standard InChI is InChI=1S/C18H24N6O5S/c1-2-19-18(20-13-15-5-3-4-6-17(15)24(25)26)22-8-10-23(11-9-22)30(27,28)14-16-7-12-29-21-16/h3-7,12H,2,8-11,13-14H2,1H3,(H,19,20). The highest BCUT2D eigenvalue weighted by molar-refractivity contribution is 7.88. The lowest BCUT2D eigenvalue weighted by Gasteiger charge is -2.35. The molecule has 0 spiro atoms. The van der Waals surface area contributed by atoms with Gasteiger partial charge in [0.15, 0.2) is 5.96 Å². The number of para-hydroxylation sites is 1. The number of aliphatic imine (C=N–C) groups is 1. The van der Waals surface area contributed by atoms with Crippen LogP contribution >= 0.6 is 0 Å². The summed E-state index contributed by atoms with van der Waals surface area (Å²) in [6.45, 7) is 4.26. The van der Waals surface area contributed by atoms with Crippen molar-refractivity contribution in [1.29, 1.82) is 0 Å². The monoisotopic (exact) mass is 436 g/mol. The largest absolute Gasteiger partial charge is 0.364 e. The summed E-state index contributed by atoms with van der Waals surface area (Å²) < 4.78 is 31.3. The third-order valence-corrected chi connectivity index (χ3v) is 6.49. The molecule has 1 aliphatic heterocycles. The fraction of sp³-hybridized carbons (Fsp3) is 0.444. The molecule has 162 valence electrons. The van der Waals surface area contributed by atoms with Gasteiger partial charge in [-0.3, -0.25) is 10.1 Å². The smallest absolute Gasteiger partial charge is 0.274 e. The van der Waals surface area contributed by atoms with Crippen molar-refractivity contribution in [1.82, 2.24) is 19.7 Å². The third-order valence-electron chi connectivity index (χ3n) is 4.68. The molecule has 0 amide bonds. The number of nitrogens with one attached hydrogen (secondary N) is 1. The lowest BCUT2D eigenvalue weighted by molar-refractivity contribution is -0.385. The summed E-state index contributed by atoms with van der Waals surface area (Å²) in [7, 11) is -3.49. The average Bonchev–Trinajstić information content (AvgIpc) is 3.23. The molecule has 1 aromatic carbocycles. The maximum atomic E-state index is 12.6. The van der Waals surface area contributed by atoms with Crippen LogP contribution in [0.4, 0.5) is 5.69 Å². The minimum absolute atomic E-state index is 0.0286. The predicted molar refractivity (Wildman–Crippen MR) is 110 cm³/mol. The molecular formula is C18H24N6O5S. The number of aromatic nitrogens is 1. The van der Waals surface area contributed by atoms with E-state index < -0.39 is 14.9 Å². The van der Waals surface area contributed by atoms with E-state index in [1.54, 1.807) is 18.2 Å². The first-order valence-electron chi connectivity index (χ1n) is 9.53. The number of nitro groups is 1. The van der Waals surface area contributed by atoms with Crippen molar-refractivity contribution in [3.8, 4) is 0 Å². The highest BCUT2D eigenvalue weighted by Crippen LogP contribution is 2.19. The van der Waals surface area contributed by atoms with Crippen LogP contribution in [0, 0.1) is 10.1 Å². The second kappa shape index (κ2) is 9.67. The lowest BCUT2D eigenvalue weighted by atomic mass is 10.2. The molecule has 1 aliphatic rings. The first-order chi connectivity index (χ1) is 14.4. The fourth-order valence-electron chi connectivity index (χ4n) is 3.18. The van der Waals surface area contributed by atoms with E-state index in [4.69, 9.17) is 4.52 Å². The van der Waals surface area contributed by atoms with Gasteiger partial charge in [-0.25, -0.2) is 13.4 Å². The summed E-state index contributed by atoms with van der Waals surface area (Å²) in [5.41, 5.74) is 0.921. The Morgan fingerprint density at radius 1 is 1.27 bits per heavy atom. The van der Waals surface area contributed by atoms with Crippen molar-refractivity contribution in [2.45, 2.75) is 19.2 Å². The lowest BCUT2D eigenvalue weighted by Crippen LogP contribution is -2.53. The van der Waals surface area contributed by atoms with Crippen molar-refractivity contribution in [2.75, 3.05) is 32.7 Å². The molecule has 0 saturated carbocycles. The third kappa shape index (κ3) is 5.33. The van der Waals surface area contributed by atoms with Crippen molar-refractivity contribution >= 4 is 21.7 Å². The zero-order valence-electron chi connectivity index (χ0n) is 16.6. The Hall–Kier alpha value is -2.99. The number of piperazine rings is 1.